The Morgan fingerprint density at radius 2 is 1.50 bits per heavy atom. The van der Waals surface area contributed by atoms with E-state index in [1.807, 2.05) is 47.9 Å². The van der Waals surface area contributed by atoms with Gasteiger partial charge in [0.05, 0.1) is 5.56 Å². The molecule has 0 unspecified atom stereocenters. The fourth-order valence-corrected chi connectivity index (χ4v) is 4.41. The Labute approximate surface area is 204 Å². The predicted molar refractivity (Wildman–Crippen MR) is 137 cm³/mol. The topological polar surface area (TPSA) is 66.4 Å². The molecule has 6 nitrogen and oxygen atoms in total. The monoisotopic (exact) mass is 464 g/mol. The van der Waals surface area contributed by atoms with Crippen molar-refractivity contribution in [3.8, 4) is 0 Å². The number of fused-ring (bicyclic) bond motifs is 1. The highest BCUT2D eigenvalue weighted by molar-refractivity contribution is 5.95. The van der Waals surface area contributed by atoms with Crippen LogP contribution < -0.4 is 4.90 Å². The Hall–Kier alpha value is -2.76. The molecule has 0 fully saturated rings. The Kier molecular flexibility index (Phi) is 9.61. The van der Waals surface area contributed by atoms with Crippen molar-refractivity contribution in [3.63, 3.8) is 0 Å². The smallest absolute Gasteiger partial charge is 0.257 e. The largest absolute Gasteiger partial charge is 0.334 e. The number of carbonyl (C=O) groups is 2. The van der Waals surface area contributed by atoms with E-state index in [4.69, 9.17) is 0 Å². The van der Waals surface area contributed by atoms with E-state index in [2.05, 4.69) is 23.8 Å². The third-order valence-corrected chi connectivity index (χ3v) is 6.31. The number of hydrogen-bond acceptors (Lipinski definition) is 4. The fourth-order valence-electron chi connectivity index (χ4n) is 4.41. The lowest BCUT2D eigenvalue weighted by molar-refractivity contribution is -0.119. The number of amides is 2. The van der Waals surface area contributed by atoms with Gasteiger partial charge in [0.2, 0.25) is 5.91 Å². The van der Waals surface area contributed by atoms with Crippen molar-refractivity contribution in [2.75, 3.05) is 18.0 Å². The Morgan fingerprint density at radius 1 is 0.882 bits per heavy atom. The van der Waals surface area contributed by atoms with Crippen LogP contribution in [0.15, 0.2) is 36.7 Å². The minimum Gasteiger partial charge on any atom is -0.334 e. The van der Waals surface area contributed by atoms with Gasteiger partial charge in [-0.1, -0.05) is 71.6 Å². The van der Waals surface area contributed by atoms with Gasteiger partial charge in [0, 0.05) is 50.1 Å². The standard InChI is InChI=1S/C28H40N4O2/c1-21(2)17-26(33)32-16-12-8-6-5-7-11-15-31(20-23-13-9-10-14-25(23)32)28(34)24-18-29-27(22(3)4)30-19-24/h9-10,13-14,18-19,21-22H,5-8,11-12,15-17,20H2,1-4H3. The van der Waals surface area contributed by atoms with Crippen LogP contribution in [0.1, 0.15) is 100 Å². The molecule has 1 aromatic carbocycles. The maximum atomic E-state index is 13.5. The van der Waals surface area contributed by atoms with Crippen LogP contribution >= 0.6 is 0 Å². The van der Waals surface area contributed by atoms with Crippen LogP contribution in [0.4, 0.5) is 5.69 Å². The number of carbonyl (C=O) groups excluding carboxylic acids is 2. The summed E-state index contributed by atoms with van der Waals surface area (Å²) in [6, 6.07) is 8.04. The summed E-state index contributed by atoms with van der Waals surface area (Å²) in [5, 5.41) is 0. The number of nitrogens with zero attached hydrogens (tertiary/aromatic N) is 4. The van der Waals surface area contributed by atoms with Gasteiger partial charge in [0.1, 0.15) is 5.82 Å². The van der Waals surface area contributed by atoms with Crippen molar-refractivity contribution < 1.29 is 9.59 Å². The highest BCUT2D eigenvalue weighted by atomic mass is 16.2. The molecule has 0 spiro atoms. The van der Waals surface area contributed by atoms with E-state index < -0.39 is 0 Å². The Balaban J connectivity index is 1.92. The van der Waals surface area contributed by atoms with Crippen LogP contribution in [0.25, 0.3) is 0 Å². The molecule has 3 rings (SSSR count). The van der Waals surface area contributed by atoms with Crippen LogP contribution in [0, 0.1) is 5.92 Å². The molecule has 184 valence electrons. The minimum atomic E-state index is -0.0555. The number of benzene rings is 1. The van der Waals surface area contributed by atoms with Crippen molar-refractivity contribution in [1.29, 1.82) is 0 Å². The lowest BCUT2D eigenvalue weighted by Crippen LogP contribution is -2.35. The number of para-hydroxylation sites is 1. The molecular weight excluding hydrogens is 424 g/mol. The zero-order valence-electron chi connectivity index (χ0n) is 21.3. The normalized spacial score (nSPS) is 15.9. The number of anilines is 1. The van der Waals surface area contributed by atoms with E-state index in [1.54, 1.807) is 12.4 Å². The second-order valence-corrected chi connectivity index (χ2v) is 10.1. The van der Waals surface area contributed by atoms with Crippen LogP contribution in [-0.2, 0) is 11.3 Å². The lowest BCUT2D eigenvalue weighted by atomic mass is 10.1. The van der Waals surface area contributed by atoms with Gasteiger partial charge in [-0.2, -0.15) is 0 Å². The molecule has 0 N–H and O–H groups in total. The maximum Gasteiger partial charge on any atom is 0.257 e. The van der Waals surface area contributed by atoms with Crippen LogP contribution in [0.3, 0.4) is 0 Å². The number of aromatic nitrogens is 2. The third kappa shape index (κ3) is 7.12. The molecule has 0 saturated carbocycles. The summed E-state index contributed by atoms with van der Waals surface area (Å²) >= 11 is 0. The second-order valence-electron chi connectivity index (χ2n) is 10.1. The minimum absolute atomic E-state index is 0.0555. The van der Waals surface area contributed by atoms with E-state index in [0.717, 1.165) is 62.1 Å². The van der Waals surface area contributed by atoms with Gasteiger partial charge in [0.15, 0.2) is 0 Å². The molecule has 6 heteroatoms. The van der Waals surface area contributed by atoms with Crippen LogP contribution in [0.2, 0.25) is 0 Å². The van der Waals surface area contributed by atoms with Crippen molar-refractivity contribution in [2.24, 2.45) is 5.92 Å². The van der Waals surface area contributed by atoms with Gasteiger partial charge in [-0.3, -0.25) is 9.59 Å². The van der Waals surface area contributed by atoms with E-state index in [-0.39, 0.29) is 17.7 Å². The summed E-state index contributed by atoms with van der Waals surface area (Å²) in [6.45, 7) is 10.1. The first kappa shape index (κ1) is 25.9. The molecule has 2 aromatic rings. The zero-order valence-corrected chi connectivity index (χ0v) is 21.3. The van der Waals surface area contributed by atoms with Gasteiger partial charge in [-0.15, -0.1) is 0 Å². The molecule has 2 amide bonds. The molecule has 0 aliphatic carbocycles. The van der Waals surface area contributed by atoms with E-state index >= 15 is 0 Å². The number of hydrogen-bond donors (Lipinski definition) is 0. The molecule has 0 bridgehead atoms. The molecule has 0 atom stereocenters. The lowest BCUT2D eigenvalue weighted by Gasteiger charge is -2.29. The van der Waals surface area contributed by atoms with Gasteiger partial charge in [0.25, 0.3) is 5.91 Å². The second kappa shape index (κ2) is 12.6. The summed E-state index contributed by atoms with van der Waals surface area (Å²) in [4.78, 5) is 39.4. The molecular formula is C28H40N4O2. The molecule has 2 heterocycles. The van der Waals surface area contributed by atoms with Gasteiger partial charge in [-0.05, 0) is 30.4 Å². The van der Waals surface area contributed by atoms with E-state index in [1.165, 1.54) is 0 Å². The number of rotatable bonds is 4. The Morgan fingerprint density at radius 3 is 2.15 bits per heavy atom. The summed E-state index contributed by atoms with van der Waals surface area (Å²) in [7, 11) is 0. The predicted octanol–water partition coefficient (Wildman–Crippen LogP) is 5.98. The first-order valence-electron chi connectivity index (χ1n) is 12.9. The average Bonchev–Trinajstić information content (AvgIpc) is 2.83. The molecule has 1 aliphatic heterocycles. The van der Waals surface area contributed by atoms with Crippen LogP contribution in [0.5, 0.6) is 0 Å². The van der Waals surface area contributed by atoms with E-state index in [9.17, 15) is 9.59 Å². The highest BCUT2D eigenvalue weighted by Crippen LogP contribution is 2.26. The Bertz CT molecular complexity index is 940. The van der Waals surface area contributed by atoms with E-state index in [0.29, 0.717) is 31.0 Å². The van der Waals surface area contributed by atoms with Crippen LogP contribution in [-0.4, -0.2) is 39.8 Å². The third-order valence-electron chi connectivity index (χ3n) is 6.31. The zero-order chi connectivity index (χ0) is 24.5. The van der Waals surface area contributed by atoms with Gasteiger partial charge < -0.3 is 9.80 Å². The van der Waals surface area contributed by atoms with Crippen molar-refractivity contribution in [3.05, 3.63) is 53.6 Å². The van der Waals surface area contributed by atoms with Crippen molar-refractivity contribution in [2.45, 2.75) is 85.1 Å². The summed E-state index contributed by atoms with van der Waals surface area (Å²) in [6.07, 6.45) is 10.3. The molecule has 1 aromatic heterocycles. The van der Waals surface area contributed by atoms with Crippen molar-refractivity contribution >= 4 is 17.5 Å². The highest BCUT2D eigenvalue weighted by Gasteiger charge is 2.23. The first-order valence-corrected chi connectivity index (χ1v) is 12.9. The summed E-state index contributed by atoms with van der Waals surface area (Å²) in [5.41, 5.74) is 2.45. The molecule has 0 radical (unpaired) electrons. The quantitative estimate of drug-likeness (QED) is 0.559. The molecule has 0 saturated heterocycles. The SMILES string of the molecule is CC(C)CC(=O)N1CCCCCCCCN(C(=O)c2cnc(C(C)C)nc2)Cc2ccccc21. The van der Waals surface area contributed by atoms with Crippen molar-refractivity contribution in [1.82, 2.24) is 14.9 Å². The van der Waals surface area contributed by atoms with Gasteiger partial charge in [-0.25, -0.2) is 9.97 Å². The maximum absolute atomic E-state index is 13.5. The average molecular weight is 465 g/mol. The molecule has 1 aliphatic rings. The van der Waals surface area contributed by atoms with Gasteiger partial charge >= 0.3 is 0 Å². The molecule has 34 heavy (non-hydrogen) atoms. The summed E-state index contributed by atoms with van der Waals surface area (Å²) < 4.78 is 0. The first-order chi connectivity index (χ1) is 16.4. The fraction of sp³-hybridized carbons (Fsp3) is 0.571. The summed E-state index contributed by atoms with van der Waals surface area (Å²) in [5.74, 6) is 1.37.